The highest BCUT2D eigenvalue weighted by Crippen LogP contribution is 2.11. The Labute approximate surface area is 66.0 Å². The van der Waals surface area contributed by atoms with Gasteiger partial charge in [0, 0.05) is 6.04 Å². The van der Waals surface area contributed by atoms with E-state index < -0.39 is 6.09 Å². The van der Waals surface area contributed by atoms with Crippen molar-refractivity contribution >= 4 is 6.09 Å². The molecule has 4 nitrogen and oxygen atoms in total. The first kappa shape index (κ1) is 8.33. The fourth-order valence-corrected chi connectivity index (χ4v) is 1.42. The van der Waals surface area contributed by atoms with Gasteiger partial charge in [-0.15, -0.1) is 0 Å². The highest BCUT2D eigenvalue weighted by molar-refractivity contribution is 5.64. The Morgan fingerprint density at radius 2 is 2.55 bits per heavy atom. The molecule has 1 aliphatic rings. The second kappa shape index (κ2) is 3.57. The van der Waals surface area contributed by atoms with Gasteiger partial charge in [0.05, 0.1) is 0 Å². The van der Waals surface area contributed by atoms with Gasteiger partial charge in [-0.1, -0.05) is 0 Å². The molecular weight excluding hydrogens is 144 g/mol. The van der Waals surface area contributed by atoms with E-state index in [1.807, 2.05) is 6.92 Å². The second-order valence-electron chi connectivity index (χ2n) is 2.99. The van der Waals surface area contributed by atoms with Gasteiger partial charge in [0.25, 0.3) is 0 Å². The predicted octanol–water partition coefficient (Wildman–Crippen LogP) is 0.252. The third-order valence-corrected chi connectivity index (χ3v) is 2.16. The summed E-state index contributed by atoms with van der Waals surface area (Å²) in [4.78, 5) is 10.2. The summed E-state index contributed by atoms with van der Waals surface area (Å²) in [6, 6.07) is 0.0718. The average molecular weight is 158 g/mol. The molecule has 2 unspecified atom stereocenters. The number of nitrogens with one attached hydrogen (secondary N) is 2. The van der Waals surface area contributed by atoms with Crippen LogP contribution in [0.2, 0.25) is 0 Å². The van der Waals surface area contributed by atoms with E-state index in [0.29, 0.717) is 5.92 Å². The monoisotopic (exact) mass is 158 g/mol. The molecule has 0 aromatic rings. The van der Waals surface area contributed by atoms with Gasteiger partial charge in [0.1, 0.15) is 0 Å². The number of hydrogen-bond donors (Lipinski definition) is 3. The fraction of sp³-hybridized carbons (Fsp3) is 0.857. The van der Waals surface area contributed by atoms with Crippen LogP contribution in [0.15, 0.2) is 0 Å². The second-order valence-corrected chi connectivity index (χ2v) is 2.99. The molecule has 1 rings (SSSR count). The maximum atomic E-state index is 10.2. The SMILES string of the molecule is CC(NC(=O)O)C1CCNC1. The van der Waals surface area contributed by atoms with Gasteiger partial charge < -0.3 is 15.7 Å². The molecule has 0 aliphatic carbocycles. The molecule has 0 bridgehead atoms. The molecule has 3 N–H and O–H groups in total. The standard InChI is InChI=1S/C7H14N2O2/c1-5(9-7(10)11)6-2-3-8-4-6/h5-6,8-9H,2-4H2,1H3,(H,10,11). The molecule has 0 spiro atoms. The summed E-state index contributed by atoms with van der Waals surface area (Å²) >= 11 is 0. The fourth-order valence-electron chi connectivity index (χ4n) is 1.42. The summed E-state index contributed by atoms with van der Waals surface area (Å²) in [5.41, 5.74) is 0. The van der Waals surface area contributed by atoms with Gasteiger partial charge in [0.2, 0.25) is 0 Å². The van der Waals surface area contributed by atoms with Crippen molar-refractivity contribution in [1.29, 1.82) is 0 Å². The molecule has 1 aliphatic heterocycles. The van der Waals surface area contributed by atoms with Crippen molar-refractivity contribution in [1.82, 2.24) is 10.6 Å². The van der Waals surface area contributed by atoms with Crippen molar-refractivity contribution in [3.63, 3.8) is 0 Å². The molecule has 0 aromatic heterocycles. The number of hydrogen-bond acceptors (Lipinski definition) is 2. The molecule has 1 amide bonds. The van der Waals surface area contributed by atoms with Crippen LogP contribution in [0.4, 0.5) is 4.79 Å². The molecule has 0 radical (unpaired) electrons. The third-order valence-electron chi connectivity index (χ3n) is 2.16. The Morgan fingerprint density at radius 1 is 1.82 bits per heavy atom. The lowest BCUT2D eigenvalue weighted by molar-refractivity contribution is 0.186. The van der Waals surface area contributed by atoms with E-state index in [-0.39, 0.29) is 6.04 Å². The van der Waals surface area contributed by atoms with Gasteiger partial charge in [-0.2, -0.15) is 0 Å². The average Bonchev–Trinajstić information content (AvgIpc) is 2.35. The zero-order valence-electron chi connectivity index (χ0n) is 6.63. The van der Waals surface area contributed by atoms with Crippen LogP contribution in [-0.2, 0) is 0 Å². The van der Waals surface area contributed by atoms with E-state index in [4.69, 9.17) is 5.11 Å². The molecule has 64 valence electrons. The maximum Gasteiger partial charge on any atom is 0.404 e. The van der Waals surface area contributed by atoms with Gasteiger partial charge in [-0.05, 0) is 32.4 Å². The van der Waals surface area contributed by atoms with Crippen molar-refractivity contribution in [2.75, 3.05) is 13.1 Å². The summed E-state index contributed by atoms with van der Waals surface area (Å²) in [6.45, 7) is 3.85. The lowest BCUT2D eigenvalue weighted by Crippen LogP contribution is -2.37. The largest absolute Gasteiger partial charge is 0.465 e. The van der Waals surface area contributed by atoms with Crippen molar-refractivity contribution in [2.45, 2.75) is 19.4 Å². The van der Waals surface area contributed by atoms with Crippen LogP contribution in [0.3, 0.4) is 0 Å². The van der Waals surface area contributed by atoms with Crippen LogP contribution >= 0.6 is 0 Å². The number of rotatable bonds is 2. The number of carbonyl (C=O) groups is 1. The quantitative estimate of drug-likeness (QED) is 0.540. The Balaban J connectivity index is 2.28. The highest BCUT2D eigenvalue weighted by Gasteiger charge is 2.21. The predicted molar refractivity (Wildman–Crippen MR) is 41.6 cm³/mol. The summed E-state index contributed by atoms with van der Waals surface area (Å²) in [7, 11) is 0. The molecule has 0 aromatic carbocycles. The van der Waals surface area contributed by atoms with E-state index in [1.54, 1.807) is 0 Å². The van der Waals surface area contributed by atoms with Crippen molar-refractivity contribution in [3.8, 4) is 0 Å². The van der Waals surface area contributed by atoms with Crippen LogP contribution in [0.5, 0.6) is 0 Å². The topological polar surface area (TPSA) is 61.4 Å². The van der Waals surface area contributed by atoms with Crippen molar-refractivity contribution in [2.24, 2.45) is 5.92 Å². The Hall–Kier alpha value is -0.770. The minimum atomic E-state index is -0.926. The van der Waals surface area contributed by atoms with Crippen LogP contribution in [0.25, 0.3) is 0 Å². The van der Waals surface area contributed by atoms with Gasteiger partial charge in [-0.3, -0.25) is 0 Å². The van der Waals surface area contributed by atoms with E-state index in [0.717, 1.165) is 19.5 Å². The molecule has 1 saturated heterocycles. The van der Waals surface area contributed by atoms with Crippen LogP contribution in [-0.4, -0.2) is 30.3 Å². The lowest BCUT2D eigenvalue weighted by atomic mass is 10.0. The summed E-state index contributed by atoms with van der Waals surface area (Å²) in [5, 5.41) is 14.1. The molecular formula is C7H14N2O2. The van der Waals surface area contributed by atoms with Crippen LogP contribution in [0.1, 0.15) is 13.3 Å². The zero-order valence-corrected chi connectivity index (χ0v) is 6.63. The first-order chi connectivity index (χ1) is 5.20. The van der Waals surface area contributed by atoms with Crippen molar-refractivity contribution < 1.29 is 9.90 Å². The first-order valence-corrected chi connectivity index (χ1v) is 3.90. The van der Waals surface area contributed by atoms with Crippen molar-refractivity contribution in [3.05, 3.63) is 0 Å². The molecule has 2 atom stereocenters. The van der Waals surface area contributed by atoms with Crippen LogP contribution in [0, 0.1) is 5.92 Å². The normalized spacial score (nSPS) is 26.5. The van der Waals surface area contributed by atoms with E-state index in [2.05, 4.69) is 10.6 Å². The van der Waals surface area contributed by atoms with E-state index in [9.17, 15) is 4.79 Å². The summed E-state index contributed by atoms with van der Waals surface area (Å²) < 4.78 is 0. The molecule has 0 saturated carbocycles. The summed E-state index contributed by atoms with van der Waals surface area (Å²) in [5.74, 6) is 0.464. The van der Waals surface area contributed by atoms with E-state index >= 15 is 0 Å². The Kier molecular flexibility index (Phi) is 2.70. The number of amides is 1. The summed E-state index contributed by atoms with van der Waals surface area (Å²) in [6.07, 6.45) is 0.144. The Bertz CT molecular complexity index is 143. The maximum absolute atomic E-state index is 10.2. The highest BCUT2D eigenvalue weighted by atomic mass is 16.4. The first-order valence-electron chi connectivity index (χ1n) is 3.90. The molecule has 4 heteroatoms. The van der Waals surface area contributed by atoms with Crippen LogP contribution < -0.4 is 10.6 Å². The smallest absolute Gasteiger partial charge is 0.404 e. The van der Waals surface area contributed by atoms with Gasteiger partial charge in [0.15, 0.2) is 0 Å². The Morgan fingerprint density at radius 3 is 3.00 bits per heavy atom. The minimum Gasteiger partial charge on any atom is -0.465 e. The minimum absolute atomic E-state index is 0.0718. The molecule has 11 heavy (non-hydrogen) atoms. The third kappa shape index (κ3) is 2.38. The van der Waals surface area contributed by atoms with E-state index in [1.165, 1.54) is 0 Å². The van der Waals surface area contributed by atoms with Gasteiger partial charge in [-0.25, -0.2) is 4.79 Å². The molecule has 1 heterocycles. The number of carboxylic acid groups (broad SMARTS) is 1. The molecule has 1 fully saturated rings. The zero-order chi connectivity index (χ0) is 8.27. The van der Waals surface area contributed by atoms with Gasteiger partial charge >= 0.3 is 6.09 Å². The lowest BCUT2D eigenvalue weighted by Gasteiger charge is -2.17.